The van der Waals surface area contributed by atoms with Crippen LogP contribution in [0.15, 0.2) is 24.3 Å². The van der Waals surface area contributed by atoms with Crippen LogP contribution in [0.25, 0.3) is 0 Å². The number of nitrogens with one attached hydrogen (secondary N) is 1. The van der Waals surface area contributed by atoms with Gasteiger partial charge in [-0.2, -0.15) is 12.7 Å². The van der Waals surface area contributed by atoms with Crippen molar-refractivity contribution in [3.63, 3.8) is 0 Å². The minimum atomic E-state index is -3.44. The standard InChI is InChI=1S/C11H16N2O3S/c14-9-10-4-3-5-11(8-10)12-17(15,16)13-6-1-2-7-13/h3-5,8,12,14H,1-2,6-7,9H2. The summed E-state index contributed by atoms with van der Waals surface area (Å²) in [5.74, 6) is 0. The molecule has 5 nitrogen and oxygen atoms in total. The van der Waals surface area contributed by atoms with Crippen molar-refractivity contribution in [2.45, 2.75) is 19.4 Å². The molecule has 94 valence electrons. The number of aliphatic hydroxyl groups is 1. The molecule has 0 bridgehead atoms. The molecule has 0 spiro atoms. The molecule has 0 amide bonds. The number of benzene rings is 1. The smallest absolute Gasteiger partial charge is 0.301 e. The van der Waals surface area contributed by atoms with E-state index in [1.54, 1.807) is 24.3 Å². The zero-order valence-corrected chi connectivity index (χ0v) is 10.3. The monoisotopic (exact) mass is 256 g/mol. The lowest BCUT2D eigenvalue weighted by atomic mass is 10.2. The summed E-state index contributed by atoms with van der Waals surface area (Å²) in [4.78, 5) is 0. The largest absolute Gasteiger partial charge is 0.392 e. The third-order valence-electron chi connectivity index (χ3n) is 2.76. The minimum absolute atomic E-state index is 0.0979. The summed E-state index contributed by atoms with van der Waals surface area (Å²) in [5.41, 5.74) is 1.18. The SMILES string of the molecule is O=S(=O)(Nc1cccc(CO)c1)N1CCCC1. The maximum atomic E-state index is 12.0. The van der Waals surface area contributed by atoms with Crippen LogP contribution in [0.3, 0.4) is 0 Å². The van der Waals surface area contributed by atoms with Crippen molar-refractivity contribution in [2.75, 3.05) is 17.8 Å². The Bertz CT molecular complexity index is 481. The number of hydrogen-bond acceptors (Lipinski definition) is 3. The lowest BCUT2D eigenvalue weighted by molar-refractivity contribution is 0.282. The first-order chi connectivity index (χ1) is 8.12. The Morgan fingerprint density at radius 2 is 2.00 bits per heavy atom. The van der Waals surface area contributed by atoms with E-state index in [2.05, 4.69) is 4.72 Å². The van der Waals surface area contributed by atoms with Gasteiger partial charge >= 0.3 is 10.2 Å². The van der Waals surface area contributed by atoms with Crippen LogP contribution in [0.2, 0.25) is 0 Å². The number of rotatable bonds is 4. The Balaban J connectivity index is 2.13. The van der Waals surface area contributed by atoms with Crippen molar-refractivity contribution in [3.8, 4) is 0 Å². The Kier molecular flexibility index (Phi) is 3.66. The summed E-state index contributed by atoms with van der Waals surface area (Å²) in [7, 11) is -3.44. The molecule has 0 unspecified atom stereocenters. The highest BCUT2D eigenvalue weighted by Gasteiger charge is 2.24. The molecular formula is C11H16N2O3S. The van der Waals surface area contributed by atoms with Gasteiger partial charge in [0, 0.05) is 13.1 Å². The Hall–Kier alpha value is -1.11. The lowest BCUT2D eigenvalue weighted by Gasteiger charge is -2.17. The van der Waals surface area contributed by atoms with Crippen LogP contribution < -0.4 is 4.72 Å². The maximum Gasteiger partial charge on any atom is 0.301 e. The van der Waals surface area contributed by atoms with Crippen LogP contribution in [-0.2, 0) is 16.8 Å². The fraction of sp³-hybridized carbons (Fsp3) is 0.455. The van der Waals surface area contributed by atoms with E-state index in [0.29, 0.717) is 24.3 Å². The van der Waals surface area contributed by atoms with Crippen LogP contribution in [0.5, 0.6) is 0 Å². The number of hydrogen-bond donors (Lipinski definition) is 2. The highest BCUT2D eigenvalue weighted by molar-refractivity contribution is 7.90. The van der Waals surface area contributed by atoms with Crippen molar-refractivity contribution < 1.29 is 13.5 Å². The zero-order chi connectivity index (χ0) is 12.3. The topological polar surface area (TPSA) is 69.6 Å². The Morgan fingerprint density at radius 3 is 2.65 bits per heavy atom. The van der Waals surface area contributed by atoms with Gasteiger partial charge in [-0.15, -0.1) is 0 Å². The first-order valence-electron chi connectivity index (χ1n) is 5.59. The van der Waals surface area contributed by atoms with Crippen molar-refractivity contribution in [3.05, 3.63) is 29.8 Å². The van der Waals surface area contributed by atoms with Gasteiger partial charge in [0.2, 0.25) is 0 Å². The Labute approximate surface area is 101 Å². The summed E-state index contributed by atoms with van der Waals surface area (Å²) < 4.78 is 27.9. The lowest BCUT2D eigenvalue weighted by Crippen LogP contribution is -2.33. The van der Waals surface area contributed by atoms with Crippen LogP contribution in [-0.4, -0.2) is 30.9 Å². The van der Waals surface area contributed by atoms with Gasteiger partial charge in [0.15, 0.2) is 0 Å². The summed E-state index contributed by atoms with van der Waals surface area (Å²) in [6, 6.07) is 6.77. The highest BCUT2D eigenvalue weighted by atomic mass is 32.2. The van der Waals surface area contributed by atoms with Crippen LogP contribution in [0, 0.1) is 0 Å². The van der Waals surface area contributed by atoms with E-state index >= 15 is 0 Å². The van der Waals surface area contributed by atoms with E-state index < -0.39 is 10.2 Å². The van der Waals surface area contributed by atoms with Crippen molar-refractivity contribution in [1.29, 1.82) is 0 Å². The third-order valence-corrected chi connectivity index (χ3v) is 4.30. The average molecular weight is 256 g/mol. The molecule has 2 rings (SSSR count). The molecule has 1 aliphatic heterocycles. The molecule has 1 aromatic rings. The predicted molar refractivity (Wildman–Crippen MR) is 65.7 cm³/mol. The molecule has 1 saturated heterocycles. The maximum absolute atomic E-state index is 12.0. The molecule has 0 aliphatic carbocycles. The minimum Gasteiger partial charge on any atom is -0.392 e. The number of anilines is 1. The zero-order valence-electron chi connectivity index (χ0n) is 9.46. The first kappa shape index (κ1) is 12.3. The summed E-state index contributed by atoms with van der Waals surface area (Å²) in [6.07, 6.45) is 1.83. The molecule has 1 heterocycles. The highest BCUT2D eigenvalue weighted by Crippen LogP contribution is 2.17. The van der Waals surface area contributed by atoms with Gasteiger partial charge < -0.3 is 5.11 Å². The molecule has 17 heavy (non-hydrogen) atoms. The quantitative estimate of drug-likeness (QED) is 0.842. The molecule has 0 radical (unpaired) electrons. The summed E-state index contributed by atoms with van der Waals surface area (Å²) in [5, 5.41) is 8.98. The molecule has 1 aromatic carbocycles. The average Bonchev–Trinajstić information content (AvgIpc) is 2.83. The number of aliphatic hydroxyl groups excluding tert-OH is 1. The molecule has 0 aromatic heterocycles. The van der Waals surface area contributed by atoms with Crippen molar-refractivity contribution in [2.24, 2.45) is 0 Å². The van der Waals surface area contributed by atoms with Gasteiger partial charge in [0.25, 0.3) is 0 Å². The van der Waals surface area contributed by atoms with Gasteiger partial charge in [-0.3, -0.25) is 4.72 Å². The van der Waals surface area contributed by atoms with E-state index in [-0.39, 0.29) is 6.61 Å². The van der Waals surface area contributed by atoms with Gasteiger partial charge in [-0.05, 0) is 30.5 Å². The fourth-order valence-electron chi connectivity index (χ4n) is 1.88. The van der Waals surface area contributed by atoms with E-state index in [4.69, 9.17) is 5.11 Å². The second kappa shape index (κ2) is 5.03. The van der Waals surface area contributed by atoms with Gasteiger partial charge in [0.05, 0.1) is 12.3 Å². The van der Waals surface area contributed by atoms with E-state index in [1.165, 1.54) is 4.31 Å². The molecule has 2 N–H and O–H groups in total. The summed E-state index contributed by atoms with van der Waals surface area (Å²) in [6.45, 7) is 1.06. The molecule has 0 atom stereocenters. The Morgan fingerprint density at radius 1 is 1.29 bits per heavy atom. The van der Waals surface area contributed by atoms with Crippen molar-refractivity contribution >= 4 is 15.9 Å². The number of nitrogens with zero attached hydrogens (tertiary/aromatic N) is 1. The van der Waals surface area contributed by atoms with Gasteiger partial charge in [-0.1, -0.05) is 12.1 Å². The van der Waals surface area contributed by atoms with Gasteiger partial charge in [0.1, 0.15) is 0 Å². The van der Waals surface area contributed by atoms with Crippen LogP contribution in [0.1, 0.15) is 18.4 Å². The predicted octanol–water partition coefficient (Wildman–Crippen LogP) is 0.931. The van der Waals surface area contributed by atoms with Gasteiger partial charge in [-0.25, -0.2) is 0 Å². The van der Waals surface area contributed by atoms with Crippen LogP contribution in [0.4, 0.5) is 5.69 Å². The second-order valence-corrected chi connectivity index (χ2v) is 5.74. The molecule has 6 heteroatoms. The molecule has 1 aliphatic rings. The van der Waals surface area contributed by atoms with E-state index in [0.717, 1.165) is 12.8 Å². The fourth-order valence-corrected chi connectivity index (χ4v) is 3.17. The molecular weight excluding hydrogens is 240 g/mol. The van der Waals surface area contributed by atoms with E-state index in [9.17, 15) is 8.42 Å². The third kappa shape index (κ3) is 2.96. The molecule has 1 fully saturated rings. The molecule has 0 saturated carbocycles. The first-order valence-corrected chi connectivity index (χ1v) is 7.03. The van der Waals surface area contributed by atoms with E-state index in [1.807, 2.05) is 0 Å². The summed E-state index contributed by atoms with van der Waals surface area (Å²) >= 11 is 0. The normalized spacial score (nSPS) is 17.2. The van der Waals surface area contributed by atoms with Crippen LogP contribution >= 0.6 is 0 Å². The van der Waals surface area contributed by atoms with Crippen molar-refractivity contribution in [1.82, 2.24) is 4.31 Å². The second-order valence-electron chi connectivity index (χ2n) is 4.07.